The van der Waals surface area contributed by atoms with E-state index in [4.69, 9.17) is 4.84 Å². The van der Waals surface area contributed by atoms with Gasteiger partial charge in [-0.3, -0.25) is 4.79 Å². The Morgan fingerprint density at radius 3 is 2.15 bits per heavy atom. The Labute approximate surface area is 158 Å². The number of rotatable bonds is 5. The van der Waals surface area contributed by atoms with Crippen LogP contribution in [0.2, 0.25) is 0 Å². The Balaban J connectivity index is 1.33. The fourth-order valence-corrected chi connectivity index (χ4v) is 3.09. The Bertz CT molecular complexity index is 935. The van der Waals surface area contributed by atoms with Gasteiger partial charge in [0.05, 0.1) is 12.3 Å². The first-order valence-electron chi connectivity index (χ1n) is 9.01. The molecule has 1 amide bonds. The van der Waals surface area contributed by atoms with Gasteiger partial charge in [-0.05, 0) is 28.8 Å². The molecular formula is C23H20N2O2. The maximum absolute atomic E-state index is 12.1. The zero-order valence-electron chi connectivity index (χ0n) is 14.8. The molecular weight excluding hydrogens is 336 g/mol. The van der Waals surface area contributed by atoms with Gasteiger partial charge in [0.25, 0.3) is 5.91 Å². The zero-order valence-corrected chi connectivity index (χ0v) is 14.8. The van der Waals surface area contributed by atoms with Crippen molar-refractivity contribution in [1.82, 2.24) is 5.32 Å². The Kier molecular flexibility index (Phi) is 4.97. The number of hydrogen-bond donors (Lipinski definition) is 1. The van der Waals surface area contributed by atoms with Gasteiger partial charge in [-0.2, -0.15) is 0 Å². The number of carbonyl (C=O) groups excluding carboxylic acids is 1. The maximum atomic E-state index is 12.1. The molecule has 0 spiro atoms. The van der Waals surface area contributed by atoms with E-state index < -0.39 is 0 Å². The molecule has 1 atom stereocenters. The van der Waals surface area contributed by atoms with Gasteiger partial charge in [-0.1, -0.05) is 78.0 Å². The quantitative estimate of drug-likeness (QED) is 0.742. The largest absolute Gasteiger partial charge is 0.390 e. The highest BCUT2D eigenvalue weighted by atomic mass is 16.6. The molecule has 4 nitrogen and oxygen atoms in total. The van der Waals surface area contributed by atoms with Gasteiger partial charge in [0.1, 0.15) is 6.10 Å². The van der Waals surface area contributed by atoms with Gasteiger partial charge in [0, 0.05) is 12.0 Å². The van der Waals surface area contributed by atoms with Crippen molar-refractivity contribution in [2.75, 3.05) is 6.54 Å². The van der Waals surface area contributed by atoms with E-state index in [9.17, 15) is 4.79 Å². The van der Waals surface area contributed by atoms with Crippen LogP contribution in [0.3, 0.4) is 0 Å². The first-order valence-corrected chi connectivity index (χ1v) is 9.01. The molecule has 3 aromatic carbocycles. The second-order valence-electron chi connectivity index (χ2n) is 6.49. The molecule has 0 saturated heterocycles. The Morgan fingerprint density at radius 2 is 1.44 bits per heavy atom. The van der Waals surface area contributed by atoms with Crippen LogP contribution in [0.4, 0.5) is 0 Å². The summed E-state index contributed by atoms with van der Waals surface area (Å²) in [4.78, 5) is 17.6. The summed E-state index contributed by atoms with van der Waals surface area (Å²) in [6.45, 7) is 0.433. The predicted molar refractivity (Wildman–Crippen MR) is 107 cm³/mol. The second kappa shape index (κ2) is 7.87. The minimum Gasteiger partial charge on any atom is -0.390 e. The molecule has 1 aliphatic rings. The molecule has 1 unspecified atom stereocenters. The van der Waals surface area contributed by atoms with E-state index in [1.165, 1.54) is 11.1 Å². The number of nitrogens with one attached hydrogen (secondary N) is 1. The fraction of sp³-hybridized carbons (Fsp3) is 0.130. The lowest BCUT2D eigenvalue weighted by molar-refractivity contribution is 0.0753. The highest BCUT2D eigenvalue weighted by molar-refractivity contribution is 6.01. The lowest BCUT2D eigenvalue weighted by atomic mass is 10.00. The molecule has 0 aromatic heterocycles. The first-order chi connectivity index (χ1) is 13.3. The molecule has 27 heavy (non-hydrogen) atoms. The summed E-state index contributed by atoms with van der Waals surface area (Å²) in [5.41, 5.74) is 4.97. The van der Waals surface area contributed by atoms with E-state index >= 15 is 0 Å². The van der Waals surface area contributed by atoms with E-state index in [0.29, 0.717) is 18.5 Å². The highest BCUT2D eigenvalue weighted by Crippen LogP contribution is 2.22. The van der Waals surface area contributed by atoms with Crippen LogP contribution in [-0.4, -0.2) is 24.3 Å². The van der Waals surface area contributed by atoms with Crippen molar-refractivity contribution in [1.29, 1.82) is 0 Å². The van der Waals surface area contributed by atoms with Gasteiger partial charge in [-0.25, -0.2) is 0 Å². The molecule has 3 aromatic rings. The minimum atomic E-state index is -0.138. The molecule has 1 aliphatic heterocycles. The normalized spacial score (nSPS) is 15.7. The predicted octanol–water partition coefficient (Wildman–Crippen LogP) is 4.28. The van der Waals surface area contributed by atoms with Crippen LogP contribution in [0.5, 0.6) is 0 Å². The number of amides is 1. The monoisotopic (exact) mass is 356 g/mol. The van der Waals surface area contributed by atoms with Crippen LogP contribution in [0.25, 0.3) is 11.1 Å². The average molecular weight is 356 g/mol. The van der Waals surface area contributed by atoms with Crippen molar-refractivity contribution in [2.24, 2.45) is 5.16 Å². The van der Waals surface area contributed by atoms with Gasteiger partial charge in [-0.15, -0.1) is 0 Å². The van der Waals surface area contributed by atoms with Gasteiger partial charge in [0.15, 0.2) is 0 Å². The molecule has 0 radical (unpaired) electrons. The van der Waals surface area contributed by atoms with Crippen molar-refractivity contribution in [3.05, 3.63) is 96.1 Å². The van der Waals surface area contributed by atoms with E-state index in [1.807, 2.05) is 36.4 Å². The summed E-state index contributed by atoms with van der Waals surface area (Å²) < 4.78 is 0. The SMILES string of the molecule is O=C(NCC1CC(c2ccc(-c3ccccc3)cc2)=NO1)c1ccccc1. The smallest absolute Gasteiger partial charge is 0.251 e. The second-order valence-corrected chi connectivity index (χ2v) is 6.49. The number of oxime groups is 1. The number of carbonyl (C=O) groups is 1. The molecule has 0 bridgehead atoms. The highest BCUT2D eigenvalue weighted by Gasteiger charge is 2.22. The lowest BCUT2D eigenvalue weighted by Crippen LogP contribution is -2.32. The van der Waals surface area contributed by atoms with Crippen molar-refractivity contribution in [3.8, 4) is 11.1 Å². The number of hydrogen-bond acceptors (Lipinski definition) is 3. The van der Waals surface area contributed by atoms with Crippen LogP contribution in [0, 0.1) is 0 Å². The minimum absolute atomic E-state index is 0.0973. The zero-order chi connectivity index (χ0) is 18.5. The average Bonchev–Trinajstić information content (AvgIpc) is 3.22. The number of nitrogens with zero attached hydrogens (tertiary/aromatic N) is 1. The van der Waals surface area contributed by atoms with E-state index in [2.05, 4.69) is 46.9 Å². The maximum Gasteiger partial charge on any atom is 0.251 e. The van der Waals surface area contributed by atoms with Crippen LogP contribution in [0.1, 0.15) is 22.3 Å². The van der Waals surface area contributed by atoms with Crippen LogP contribution in [0.15, 0.2) is 90.1 Å². The van der Waals surface area contributed by atoms with E-state index in [-0.39, 0.29) is 12.0 Å². The topological polar surface area (TPSA) is 50.7 Å². The van der Waals surface area contributed by atoms with Crippen LogP contribution >= 0.6 is 0 Å². The molecule has 134 valence electrons. The van der Waals surface area contributed by atoms with E-state index in [1.54, 1.807) is 12.1 Å². The molecule has 0 aliphatic carbocycles. The summed E-state index contributed by atoms with van der Waals surface area (Å²) in [5, 5.41) is 7.11. The molecule has 0 fully saturated rings. The summed E-state index contributed by atoms with van der Waals surface area (Å²) in [6.07, 6.45) is 0.543. The van der Waals surface area contributed by atoms with Gasteiger partial charge < -0.3 is 10.2 Å². The third kappa shape index (κ3) is 4.06. The van der Waals surface area contributed by atoms with Crippen molar-refractivity contribution in [2.45, 2.75) is 12.5 Å². The summed E-state index contributed by atoms with van der Waals surface area (Å²) in [7, 11) is 0. The van der Waals surface area contributed by atoms with E-state index in [0.717, 1.165) is 11.3 Å². The third-order valence-electron chi connectivity index (χ3n) is 4.58. The van der Waals surface area contributed by atoms with Crippen LogP contribution < -0.4 is 5.32 Å². The van der Waals surface area contributed by atoms with Crippen LogP contribution in [-0.2, 0) is 4.84 Å². The van der Waals surface area contributed by atoms with Crippen molar-refractivity contribution in [3.63, 3.8) is 0 Å². The lowest BCUT2D eigenvalue weighted by Gasteiger charge is -2.10. The van der Waals surface area contributed by atoms with Crippen molar-refractivity contribution < 1.29 is 9.63 Å². The molecule has 1 N–H and O–H groups in total. The third-order valence-corrected chi connectivity index (χ3v) is 4.58. The Morgan fingerprint density at radius 1 is 0.852 bits per heavy atom. The standard InChI is InChI=1S/C23H20N2O2/c26-23(20-9-5-2-6-10-20)24-16-21-15-22(25-27-21)19-13-11-18(12-14-19)17-7-3-1-4-8-17/h1-14,21H,15-16H2,(H,24,26). The summed E-state index contributed by atoms with van der Waals surface area (Å²) in [6, 6.07) is 27.8. The molecule has 1 heterocycles. The van der Waals surface area contributed by atoms with Gasteiger partial charge >= 0.3 is 0 Å². The molecule has 4 rings (SSSR count). The summed E-state index contributed by atoms with van der Waals surface area (Å²) >= 11 is 0. The van der Waals surface area contributed by atoms with Crippen molar-refractivity contribution >= 4 is 11.6 Å². The molecule has 0 saturated carbocycles. The molecule has 4 heteroatoms. The number of benzene rings is 3. The first kappa shape index (κ1) is 17.0. The Hall–Kier alpha value is -3.40. The van der Waals surface area contributed by atoms with Gasteiger partial charge in [0.2, 0.25) is 0 Å². The summed E-state index contributed by atoms with van der Waals surface area (Å²) in [5.74, 6) is -0.0973. The fourth-order valence-electron chi connectivity index (χ4n) is 3.09.